The van der Waals surface area contributed by atoms with Crippen LogP contribution in [0, 0.1) is 11.8 Å². The lowest BCUT2D eigenvalue weighted by Crippen LogP contribution is -2.59. The maximum atomic E-state index is 13.4. The molecule has 0 aromatic heterocycles. The molecule has 1 aliphatic carbocycles. The number of hydrogen-bond acceptors (Lipinski definition) is 13. The highest BCUT2D eigenvalue weighted by atomic mass is 16.7. The third kappa shape index (κ3) is 4.44. The fourth-order valence-electron chi connectivity index (χ4n) is 6.29. The number of aliphatic hydroxyl groups excluding tert-OH is 4. The summed E-state index contributed by atoms with van der Waals surface area (Å²) in [7, 11) is 4.51. The van der Waals surface area contributed by atoms with Gasteiger partial charge in [0.1, 0.15) is 24.4 Å². The highest BCUT2D eigenvalue weighted by Gasteiger charge is 2.55. The second-order valence-corrected chi connectivity index (χ2v) is 10.3. The highest BCUT2D eigenvalue weighted by Crippen LogP contribution is 2.57. The summed E-state index contributed by atoms with van der Waals surface area (Å²) >= 11 is 0. The zero-order valence-electron chi connectivity index (χ0n) is 22.6. The minimum Gasteiger partial charge on any atom is -0.493 e. The number of rotatable bonds is 7. The van der Waals surface area contributed by atoms with Gasteiger partial charge in [-0.05, 0) is 41.0 Å². The van der Waals surface area contributed by atoms with E-state index in [0.29, 0.717) is 45.4 Å². The minimum absolute atomic E-state index is 0.0141. The average molecular weight is 577 g/mol. The van der Waals surface area contributed by atoms with Crippen molar-refractivity contribution in [2.45, 2.75) is 42.7 Å². The van der Waals surface area contributed by atoms with E-state index >= 15 is 0 Å². The van der Waals surface area contributed by atoms with Gasteiger partial charge in [0.2, 0.25) is 12.5 Å². The SMILES string of the molecule is COc1cc([C@H]2c3cc4c(cc3[C@H](O[C@H]3O[C@@H](CO)[C@@H](O)[C@@H](O)[C@H]3O)[C@H]3COC(=O)[C@H]23)OCO4)cc(OC)c1OC. The molecule has 0 amide bonds. The Hall–Kier alpha value is -3.33. The summed E-state index contributed by atoms with van der Waals surface area (Å²) < 4.78 is 45.5. The van der Waals surface area contributed by atoms with Crippen LogP contribution in [0.15, 0.2) is 24.3 Å². The molecule has 13 heteroatoms. The van der Waals surface area contributed by atoms with E-state index in [1.54, 1.807) is 24.3 Å². The number of methoxy groups -OCH3 is 3. The van der Waals surface area contributed by atoms with Crippen LogP contribution in [0.5, 0.6) is 28.7 Å². The molecule has 2 aromatic carbocycles. The van der Waals surface area contributed by atoms with Gasteiger partial charge in [0.25, 0.3) is 0 Å². The van der Waals surface area contributed by atoms with Crippen LogP contribution in [0.1, 0.15) is 28.7 Å². The van der Waals surface area contributed by atoms with Crippen molar-refractivity contribution in [2.24, 2.45) is 11.8 Å². The van der Waals surface area contributed by atoms with Gasteiger partial charge in [-0.15, -0.1) is 0 Å². The van der Waals surface area contributed by atoms with Gasteiger partial charge in [0.05, 0.1) is 46.6 Å². The normalized spacial score (nSPS) is 33.5. The predicted molar refractivity (Wildman–Crippen MR) is 136 cm³/mol. The molecule has 222 valence electrons. The predicted octanol–water partition coefficient (Wildman–Crippen LogP) is 0.233. The highest BCUT2D eigenvalue weighted by molar-refractivity contribution is 5.79. The third-order valence-corrected chi connectivity index (χ3v) is 8.29. The molecule has 0 spiro atoms. The Bertz CT molecular complexity index is 1290. The number of carbonyl (C=O) groups excluding carboxylic acids is 1. The van der Waals surface area contributed by atoms with E-state index in [1.807, 2.05) is 0 Å². The summed E-state index contributed by atoms with van der Waals surface area (Å²) in [5.41, 5.74) is 2.00. The van der Waals surface area contributed by atoms with Crippen molar-refractivity contribution in [1.29, 1.82) is 0 Å². The van der Waals surface area contributed by atoms with Crippen molar-refractivity contribution in [3.63, 3.8) is 0 Å². The zero-order valence-corrected chi connectivity index (χ0v) is 22.6. The van der Waals surface area contributed by atoms with E-state index in [2.05, 4.69) is 0 Å². The van der Waals surface area contributed by atoms with Crippen LogP contribution in [-0.4, -0.2) is 98.4 Å². The van der Waals surface area contributed by atoms with Crippen LogP contribution in [0.25, 0.3) is 0 Å². The molecule has 6 rings (SSSR count). The van der Waals surface area contributed by atoms with E-state index in [9.17, 15) is 25.2 Å². The maximum Gasteiger partial charge on any atom is 0.310 e. The lowest BCUT2D eigenvalue weighted by atomic mass is 9.66. The van der Waals surface area contributed by atoms with Crippen molar-refractivity contribution in [1.82, 2.24) is 0 Å². The summed E-state index contributed by atoms with van der Waals surface area (Å²) in [5, 5.41) is 41.0. The molecular formula is C28H32O13. The number of aliphatic hydroxyl groups is 4. The Morgan fingerprint density at radius 1 is 0.854 bits per heavy atom. The number of ether oxygens (including phenoxy) is 8. The summed E-state index contributed by atoms with van der Waals surface area (Å²) in [4.78, 5) is 13.4. The van der Waals surface area contributed by atoms with Crippen LogP contribution >= 0.6 is 0 Å². The molecule has 4 aliphatic rings. The van der Waals surface area contributed by atoms with Gasteiger partial charge in [-0.25, -0.2) is 0 Å². The first-order valence-corrected chi connectivity index (χ1v) is 13.2. The molecule has 0 saturated carbocycles. The Morgan fingerprint density at radius 3 is 2.12 bits per heavy atom. The summed E-state index contributed by atoms with van der Waals surface area (Å²) in [6, 6.07) is 7.11. The van der Waals surface area contributed by atoms with Gasteiger partial charge in [-0.3, -0.25) is 4.79 Å². The summed E-state index contributed by atoms with van der Waals surface area (Å²) in [6.45, 7) is -0.581. The molecule has 9 atom stereocenters. The number of fused-ring (bicyclic) bond motifs is 3. The summed E-state index contributed by atoms with van der Waals surface area (Å²) in [6.07, 6.45) is -8.26. The van der Waals surface area contributed by atoms with E-state index in [-0.39, 0.29) is 13.4 Å². The molecule has 2 saturated heterocycles. The third-order valence-electron chi connectivity index (χ3n) is 8.29. The van der Waals surface area contributed by atoms with E-state index in [0.717, 1.165) is 0 Å². The standard InChI is InChI=1S/C28H32O13/c1-34-17-4-11(5-18(35-2)26(17)36-3)20-12-6-15-16(39-10-38-15)7-13(12)25(14-9-37-27(33)21(14)20)41-28-24(32)23(31)22(30)19(8-29)40-28/h4-7,14,19-25,28-32H,8-10H2,1-3H3/t14-,19-,20-,21-,22+,23+,24+,25-,28+/m0/s1. The first-order chi connectivity index (χ1) is 19.8. The van der Waals surface area contributed by atoms with Crippen molar-refractivity contribution in [3.05, 3.63) is 41.0 Å². The molecule has 0 bridgehead atoms. The van der Waals surface area contributed by atoms with Crippen LogP contribution in [-0.2, 0) is 19.0 Å². The maximum absolute atomic E-state index is 13.4. The Kier molecular flexibility index (Phi) is 7.34. The van der Waals surface area contributed by atoms with Crippen molar-refractivity contribution < 1.29 is 63.1 Å². The summed E-state index contributed by atoms with van der Waals surface area (Å²) in [5.74, 6) is -0.112. The van der Waals surface area contributed by atoms with Crippen molar-refractivity contribution >= 4 is 5.97 Å². The van der Waals surface area contributed by atoms with Gasteiger partial charge in [0, 0.05) is 11.8 Å². The monoisotopic (exact) mass is 576 g/mol. The Morgan fingerprint density at radius 2 is 1.51 bits per heavy atom. The van der Waals surface area contributed by atoms with Crippen LogP contribution < -0.4 is 23.7 Å². The van der Waals surface area contributed by atoms with Crippen LogP contribution in [0.3, 0.4) is 0 Å². The lowest BCUT2D eigenvalue weighted by molar-refractivity contribution is -0.317. The fraction of sp³-hybridized carbons (Fsp3) is 0.536. The molecule has 13 nitrogen and oxygen atoms in total. The molecule has 3 heterocycles. The number of esters is 1. The molecule has 4 N–H and O–H groups in total. The number of benzene rings is 2. The number of hydrogen-bond donors (Lipinski definition) is 4. The smallest absolute Gasteiger partial charge is 0.310 e. The Balaban J connectivity index is 1.49. The molecule has 2 aromatic rings. The molecule has 0 radical (unpaired) electrons. The van der Waals surface area contributed by atoms with Gasteiger partial charge in [-0.1, -0.05) is 0 Å². The zero-order chi connectivity index (χ0) is 29.0. The minimum atomic E-state index is -1.63. The molecule has 3 aliphatic heterocycles. The quantitative estimate of drug-likeness (QED) is 0.331. The van der Waals surface area contributed by atoms with Crippen molar-refractivity contribution in [2.75, 3.05) is 41.3 Å². The van der Waals surface area contributed by atoms with Crippen LogP contribution in [0.2, 0.25) is 0 Å². The fourth-order valence-corrected chi connectivity index (χ4v) is 6.29. The van der Waals surface area contributed by atoms with Crippen LogP contribution in [0.4, 0.5) is 0 Å². The number of carbonyl (C=O) groups is 1. The molecular weight excluding hydrogens is 544 g/mol. The average Bonchev–Trinajstić information content (AvgIpc) is 3.61. The largest absolute Gasteiger partial charge is 0.493 e. The van der Waals surface area contributed by atoms with E-state index < -0.39 is 67.1 Å². The first-order valence-electron chi connectivity index (χ1n) is 13.2. The van der Waals surface area contributed by atoms with E-state index in [4.69, 9.17) is 37.9 Å². The first kappa shape index (κ1) is 27.8. The second-order valence-electron chi connectivity index (χ2n) is 10.3. The Labute approximate surface area is 235 Å². The lowest BCUT2D eigenvalue weighted by Gasteiger charge is -2.44. The molecule has 2 fully saturated rings. The number of cyclic esters (lactones) is 1. The molecule has 41 heavy (non-hydrogen) atoms. The van der Waals surface area contributed by atoms with E-state index in [1.165, 1.54) is 21.3 Å². The van der Waals surface area contributed by atoms with Gasteiger partial charge in [-0.2, -0.15) is 0 Å². The molecule has 0 unspecified atom stereocenters. The topological polar surface area (TPSA) is 172 Å². The second kappa shape index (κ2) is 10.8. The van der Waals surface area contributed by atoms with Crippen molar-refractivity contribution in [3.8, 4) is 28.7 Å². The van der Waals surface area contributed by atoms with Gasteiger partial charge >= 0.3 is 5.97 Å². The van der Waals surface area contributed by atoms with Gasteiger partial charge in [0.15, 0.2) is 29.3 Å². The van der Waals surface area contributed by atoms with Gasteiger partial charge < -0.3 is 58.3 Å².